The van der Waals surface area contributed by atoms with E-state index in [1.54, 1.807) is 38.4 Å². The lowest BCUT2D eigenvalue weighted by Gasteiger charge is -2.31. The van der Waals surface area contributed by atoms with Gasteiger partial charge in [-0.3, -0.25) is 14.5 Å². The van der Waals surface area contributed by atoms with Crippen molar-refractivity contribution in [2.45, 2.75) is 18.8 Å². The number of aromatic amines is 1. The Morgan fingerprint density at radius 2 is 1.87 bits per heavy atom. The molecule has 1 fully saturated rings. The van der Waals surface area contributed by atoms with E-state index in [1.165, 1.54) is 10.9 Å². The molecule has 0 unspecified atom stereocenters. The van der Waals surface area contributed by atoms with Crippen LogP contribution in [0.1, 0.15) is 34.7 Å². The van der Waals surface area contributed by atoms with Gasteiger partial charge in [0.05, 0.1) is 13.7 Å². The lowest BCUT2D eigenvalue weighted by atomic mass is 9.89. The van der Waals surface area contributed by atoms with Gasteiger partial charge in [0.2, 0.25) is 5.91 Å². The third-order valence-corrected chi connectivity index (χ3v) is 5.97. The fourth-order valence-corrected chi connectivity index (χ4v) is 4.24. The number of anilines is 1. The number of carbonyl (C=O) groups excluding carboxylic acids is 2. The van der Waals surface area contributed by atoms with E-state index < -0.39 is 0 Å². The van der Waals surface area contributed by atoms with Crippen molar-refractivity contribution in [2.75, 3.05) is 39.1 Å². The normalized spacial score (nSPS) is 15.0. The van der Waals surface area contributed by atoms with Crippen LogP contribution in [0.25, 0.3) is 10.9 Å². The van der Waals surface area contributed by atoms with Crippen LogP contribution in [0.15, 0.2) is 48.7 Å². The molecule has 7 nitrogen and oxygen atoms in total. The summed E-state index contributed by atoms with van der Waals surface area (Å²) in [4.78, 5) is 29.6. The maximum Gasteiger partial charge on any atom is 0.251 e. The largest absolute Gasteiger partial charge is 0.497 e. The molecule has 0 bridgehead atoms. The van der Waals surface area contributed by atoms with Crippen LogP contribution in [0.2, 0.25) is 0 Å². The van der Waals surface area contributed by atoms with Gasteiger partial charge in [-0.1, -0.05) is 0 Å². The Morgan fingerprint density at radius 3 is 2.55 bits per heavy atom. The number of nitrogens with one attached hydrogen (secondary N) is 3. The number of carbonyl (C=O) groups is 2. The fraction of sp³-hybridized carbons (Fsp3) is 0.333. The molecule has 0 saturated carbocycles. The van der Waals surface area contributed by atoms with Crippen molar-refractivity contribution in [3.05, 3.63) is 59.8 Å². The number of methoxy groups -OCH3 is 1. The van der Waals surface area contributed by atoms with Crippen molar-refractivity contribution < 1.29 is 14.3 Å². The molecule has 1 aliphatic heterocycles. The molecule has 0 aliphatic carbocycles. The molecule has 31 heavy (non-hydrogen) atoms. The molecule has 4 rings (SSSR count). The molecule has 1 aliphatic rings. The average Bonchev–Trinajstić information content (AvgIpc) is 3.22. The first kappa shape index (κ1) is 20.9. The summed E-state index contributed by atoms with van der Waals surface area (Å²) in [5, 5.41) is 6.72. The summed E-state index contributed by atoms with van der Waals surface area (Å²) in [5.41, 5.74) is 3.71. The van der Waals surface area contributed by atoms with E-state index in [4.69, 9.17) is 4.74 Å². The molecule has 2 aromatic carbocycles. The lowest BCUT2D eigenvalue weighted by molar-refractivity contribution is -0.117. The number of H-pyrrole nitrogens is 1. The van der Waals surface area contributed by atoms with Crippen molar-refractivity contribution in [3.63, 3.8) is 0 Å². The zero-order valence-corrected chi connectivity index (χ0v) is 17.9. The first-order chi connectivity index (χ1) is 15.1. The number of hydrogen-bond acceptors (Lipinski definition) is 4. The molecule has 1 aromatic heterocycles. The third kappa shape index (κ3) is 4.72. The van der Waals surface area contributed by atoms with E-state index >= 15 is 0 Å². The number of aromatic nitrogens is 1. The Morgan fingerprint density at radius 1 is 1.13 bits per heavy atom. The van der Waals surface area contributed by atoms with Gasteiger partial charge in [0, 0.05) is 35.4 Å². The Hall–Kier alpha value is -3.32. The summed E-state index contributed by atoms with van der Waals surface area (Å²) < 4.78 is 5.38. The van der Waals surface area contributed by atoms with Gasteiger partial charge in [0.1, 0.15) is 5.75 Å². The summed E-state index contributed by atoms with van der Waals surface area (Å²) in [7, 11) is 3.28. The van der Waals surface area contributed by atoms with Crippen molar-refractivity contribution >= 4 is 28.4 Å². The van der Waals surface area contributed by atoms with E-state index in [1.807, 2.05) is 6.07 Å². The topological polar surface area (TPSA) is 86.5 Å². The smallest absolute Gasteiger partial charge is 0.251 e. The molecule has 3 aromatic rings. The highest BCUT2D eigenvalue weighted by molar-refractivity contribution is 5.96. The van der Waals surface area contributed by atoms with Crippen molar-refractivity contribution in [3.8, 4) is 5.75 Å². The van der Waals surface area contributed by atoms with Gasteiger partial charge in [0.15, 0.2) is 0 Å². The Kier molecular flexibility index (Phi) is 6.23. The minimum Gasteiger partial charge on any atom is -0.497 e. The molecule has 0 atom stereocenters. The van der Waals surface area contributed by atoms with E-state index in [0.717, 1.165) is 37.2 Å². The molecule has 0 spiro atoms. The number of piperidine rings is 1. The first-order valence-electron chi connectivity index (χ1n) is 10.6. The van der Waals surface area contributed by atoms with E-state index in [-0.39, 0.29) is 11.8 Å². The SMILES string of the molecule is CNC(=O)c1ccc(NC(=O)CN2CCC(c3c[nH]c4ccc(OC)cc34)CC2)cc1. The van der Waals surface area contributed by atoms with Crippen LogP contribution in [0, 0.1) is 0 Å². The molecule has 7 heteroatoms. The van der Waals surface area contributed by atoms with Gasteiger partial charge >= 0.3 is 0 Å². The number of hydrogen-bond donors (Lipinski definition) is 3. The second kappa shape index (κ2) is 9.22. The minimum absolute atomic E-state index is 0.0389. The molecule has 0 radical (unpaired) electrons. The number of amides is 2. The highest BCUT2D eigenvalue weighted by Crippen LogP contribution is 2.34. The van der Waals surface area contributed by atoms with Gasteiger partial charge in [-0.25, -0.2) is 0 Å². The fourth-order valence-electron chi connectivity index (χ4n) is 4.24. The van der Waals surface area contributed by atoms with E-state index in [0.29, 0.717) is 23.7 Å². The maximum atomic E-state index is 12.5. The highest BCUT2D eigenvalue weighted by Gasteiger charge is 2.24. The van der Waals surface area contributed by atoms with Crippen molar-refractivity contribution in [1.82, 2.24) is 15.2 Å². The molecule has 1 saturated heterocycles. The summed E-state index contributed by atoms with van der Waals surface area (Å²) in [5.74, 6) is 1.15. The number of nitrogens with zero attached hydrogens (tertiary/aromatic N) is 1. The number of ether oxygens (including phenoxy) is 1. The second-order valence-electron chi connectivity index (χ2n) is 7.91. The monoisotopic (exact) mass is 420 g/mol. The van der Waals surface area contributed by atoms with Gasteiger partial charge in [-0.2, -0.15) is 0 Å². The number of benzene rings is 2. The van der Waals surface area contributed by atoms with Crippen LogP contribution in [0.3, 0.4) is 0 Å². The second-order valence-corrected chi connectivity index (χ2v) is 7.91. The van der Waals surface area contributed by atoms with Gasteiger partial charge < -0.3 is 20.4 Å². The quantitative estimate of drug-likeness (QED) is 0.571. The summed E-state index contributed by atoms with van der Waals surface area (Å²) in [6.45, 7) is 2.13. The van der Waals surface area contributed by atoms with Crippen LogP contribution >= 0.6 is 0 Å². The standard InChI is InChI=1S/C24H28N4O3/c1-25-24(30)17-3-5-18(6-4-17)27-23(29)15-28-11-9-16(10-12-28)21-14-26-22-8-7-19(31-2)13-20(21)22/h3-8,13-14,16,26H,9-12,15H2,1-2H3,(H,25,30)(H,27,29). The predicted octanol–water partition coefficient (Wildman–Crippen LogP) is 3.35. The Labute approximate surface area is 181 Å². The molecule has 3 N–H and O–H groups in total. The maximum absolute atomic E-state index is 12.5. The predicted molar refractivity (Wildman–Crippen MR) is 122 cm³/mol. The van der Waals surface area contributed by atoms with Crippen molar-refractivity contribution in [1.29, 1.82) is 0 Å². The molecular weight excluding hydrogens is 392 g/mol. The van der Waals surface area contributed by atoms with Crippen LogP contribution in [-0.4, -0.2) is 55.5 Å². The zero-order chi connectivity index (χ0) is 21.8. The van der Waals surface area contributed by atoms with Crippen LogP contribution < -0.4 is 15.4 Å². The Bertz CT molecular complexity index is 1070. The summed E-state index contributed by atoms with van der Waals surface area (Å²) >= 11 is 0. The minimum atomic E-state index is -0.144. The van der Waals surface area contributed by atoms with Gasteiger partial charge in [-0.15, -0.1) is 0 Å². The van der Waals surface area contributed by atoms with Crippen LogP contribution in [-0.2, 0) is 4.79 Å². The first-order valence-corrected chi connectivity index (χ1v) is 10.6. The van der Waals surface area contributed by atoms with Gasteiger partial charge in [0.25, 0.3) is 5.91 Å². The van der Waals surface area contributed by atoms with Gasteiger partial charge in [-0.05, 0) is 79.9 Å². The summed E-state index contributed by atoms with van der Waals surface area (Å²) in [6, 6.07) is 13.0. The average molecular weight is 421 g/mol. The highest BCUT2D eigenvalue weighted by atomic mass is 16.5. The molecule has 162 valence electrons. The van der Waals surface area contributed by atoms with Crippen LogP contribution in [0.4, 0.5) is 5.69 Å². The van der Waals surface area contributed by atoms with E-state index in [2.05, 4.69) is 38.8 Å². The zero-order valence-electron chi connectivity index (χ0n) is 17.9. The number of likely N-dealkylation sites (tertiary alicyclic amines) is 1. The molecule has 2 heterocycles. The summed E-state index contributed by atoms with van der Waals surface area (Å²) in [6.07, 6.45) is 4.14. The van der Waals surface area contributed by atoms with E-state index in [9.17, 15) is 9.59 Å². The van der Waals surface area contributed by atoms with Crippen LogP contribution in [0.5, 0.6) is 5.75 Å². The molecule has 2 amide bonds. The molecular formula is C24H28N4O3. The van der Waals surface area contributed by atoms with Crippen molar-refractivity contribution in [2.24, 2.45) is 0 Å². The lowest BCUT2D eigenvalue weighted by Crippen LogP contribution is -2.38. The number of rotatable bonds is 6. The number of fused-ring (bicyclic) bond motifs is 1. The Balaban J connectivity index is 1.31. The third-order valence-electron chi connectivity index (χ3n) is 5.97.